The zero-order chi connectivity index (χ0) is 23.7. The Labute approximate surface area is 209 Å². The number of aryl methyl sites for hydroxylation is 1. The van der Waals surface area contributed by atoms with E-state index in [4.69, 9.17) is 20.4 Å². The first-order valence-electron chi connectivity index (χ1n) is 10.5. The number of rotatable bonds is 5. The van der Waals surface area contributed by atoms with Crippen LogP contribution in [0.15, 0.2) is 92.2 Å². The van der Waals surface area contributed by atoms with Crippen LogP contribution in [0.5, 0.6) is 0 Å². The molecule has 0 unspecified atom stereocenters. The summed E-state index contributed by atoms with van der Waals surface area (Å²) in [6.45, 7) is 1.95. The molecule has 0 aliphatic carbocycles. The predicted octanol–water partition coefficient (Wildman–Crippen LogP) is 8.13. The van der Waals surface area contributed by atoms with Gasteiger partial charge in [0.15, 0.2) is 5.58 Å². The number of nitrogens with one attached hydrogen (secondary N) is 1. The highest BCUT2D eigenvalue weighted by atomic mass is 79.9. The molecule has 2 aromatic heterocycles. The van der Waals surface area contributed by atoms with Gasteiger partial charge in [0.05, 0.1) is 0 Å². The topological polar surface area (TPSA) is 68.3 Å². The fraction of sp³-hybridized carbons (Fsp3) is 0.0370. The average molecular weight is 534 g/mol. The molecule has 0 radical (unpaired) electrons. The number of oxazole rings is 1. The minimum Gasteiger partial charge on any atom is -0.457 e. The summed E-state index contributed by atoms with van der Waals surface area (Å²) in [5, 5.41) is 3.52. The lowest BCUT2D eigenvalue weighted by Gasteiger charge is -2.01. The van der Waals surface area contributed by atoms with Crippen LogP contribution in [0.1, 0.15) is 11.3 Å². The number of carbonyl (C=O) groups excluding carboxylic acids is 1. The Morgan fingerprint density at radius 3 is 2.71 bits per heavy atom. The number of furan rings is 1. The summed E-state index contributed by atoms with van der Waals surface area (Å²) in [4.78, 5) is 17.0. The van der Waals surface area contributed by atoms with E-state index in [1.807, 2.05) is 55.5 Å². The van der Waals surface area contributed by atoms with Gasteiger partial charge in [0.2, 0.25) is 11.8 Å². The predicted molar refractivity (Wildman–Crippen MR) is 139 cm³/mol. The molecule has 0 spiro atoms. The van der Waals surface area contributed by atoms with Gasteiger partial charge in [-0.1, -0.05) is 45.7 Å². The normalized spacial score (nSPS) is 11.4. The second-order valence-electron chi connectivity index (χ2n) is 7.70. The Balaban J connectivity index is 1.28. The summed E-state index contributed by atoms with van der Waals surface area (Å²) in [6.07, 6.45) is 3.04. The molecule has 34 heavy (non-hydrogen) atoms. The number of amides is 1. The Morgan fingerprint density at radius 1 is 1.00 bits per heavy atom. The maximum atomic E-state index is 12.4. The van der Waals surface area contributed by atoms with Crippen molar-refractivity contribution in [2.24, 2.45) is 0 Å². The molecular weight excluding hydrogens is 516 g/mol. The van der Waals surface area contributed by atoms with Gasteiger partial charge < -0.3 is 14.2 Å². The van der Waals surface area contributed by atoms with Crippen molar-refractivity contribution in [1.29, 1.82) is 0 Å². The number of hydrogen-bond acceptors (Lipinski definition) is 4. The monoisotopic (exact) mass is 532 g/mol. The number of fused-ring (bicyclic) bond motifs is 1. The zero-order valence-corrected chi connectivity index (χ0v) is 20.4. The van der Waals surface area contributed by atoms with E-state index >= 15 is 0 Å². The fourth-order valence-electron chi connectivity index (χ4n) is 3.44. The quantitative estimate of drug-likeness (QED) is 0.232. The van der Waals surface area contributed by atoms with Crippen molar-refractivity contribution in [3.05, 3.63) is 99.7 Å². The van der Waals surface area contributed by atoms with Gasteiger partial charge >= 0.3 is 0 Å². The lowest BCUT2D eigenvalue weighted by atomic mass is 10.1. The standard InChI is InChI=1S/C27H18BrClN2O3/c1-16-5-6-17(14-22(16)29)24-11-8-21(33-24)9-12-26(32)30-20-7-10-25-23(15-20)31-27(34-25)18-3-2-4-19(28)13-18/h2-15H,1H3,(H,30,32)/b12-9+. The van der Waals surface area contributed by atoms with Crippen molar-refractivity contribution in [2.75, 3.05) is 5.32 Å². The van der Waals surface area contributed by atoms with E-state index in [0.717, 1.165) is 21.2 Å². The molecule has 0 atom stereocenters. The third-order valence-corrected chi connectivity index (χ3v) is 6.11. The van der Waals surface area contributed by atoms with Crippen LogP contribution in [0.25, 0.3) is 40.0 Å². The number of benzene rings is 3. The van der Waals surface area contributed by atoms with E-state index in [0.29, 0.717) is 39.2 Å². The van der Waals surface area contributed by atoms with Gasteiger partial charge in [-0.05, 0) is 73.2 Å². The Bertz CT molecular complexity index is 1550. The number of carbonyl (C=O) groups is 1. The van der Waals surface area contributed by atoms with Crippen LogP contribution in [0.4, 0.5) is 5.69 Å². The summed E-state index contributed by atoms with van der Waals surface area (Å²) < 4.78 is 12.6. The van der Waals surface area contributed by atoms with Crippen LogP contribution in [-0.2, 0) is 4.79 Å². The molecule has 0 fully saturated rings. The third-order valence-electron chi connectivity index (χ3n) is 5.21. The van der Waals surface area contributed by atoms with Crippen LogP contribution in [0.3, 0.4) is 0 Å². The molecule has 5 nitrogen and oxygen atoms in total. The highest BCUT2D eigenvalue weighted by Gasteiger charge is 2.10. The third kappa shape index (κ3) is 4.83. The van der Waals surface area contributed by atoms with Crippen LogP contribution in [-0.4, -0.2) is 10.9 Å². The molecule has 0 aliphatic rings. The Morgan fingerprint density at radius 2 is 1.88 bits per heavy atom. The van der Waals surface area contributed by atoms with Crippen LogP contribution >= 0.6 is 27.5 Å². The van der Waals surface area contributed by atoms with Crippen molar-refractivity contribution in [3.63, 3.8) is 0 Å². The Hall–Kier alpha value is -3.61. The lowest BCUT2D eigenvalue weighted by molar-refractivity contribution is -0.111. The number of halogens is 2. The molecule has 5 rings (SSSR count). The first-order valence-corrected chi connectivity index (χ1v) is 11.6. The summed E-state index contributed by atoms with van der Waals surface area (Å²) in [7, 11) is 0. The summed E-state index contributed by atoms with van der Waals surface area (Å²) in [5.41, 5.74) is 4.66. The van der Waals surface area contributed by atoms with E-state index in [1.54, 1.807) is 30.3 Å². The van der Waals surface area contributed by atoms with Gasteiger partial charge in [-0.2, -0.15) is 0 Å². The number of hydrogen-bond donors (Lipinski definition) is 1. The number of nitrogens with zero attached hydrogens (tertiary/aromatic N) is 1. The minimum absolute atomic E-state index is 0.286. The largest absolute Gasteiger partial charge is 0.457 e. The smallest absolute Gasteiger partial charge is 0.248 e. The summed E-state index contributed by atoms with van der Waals surface area (Å²) in [5.74, 6) is 1.47. The number of anilines is 1. The molecule has 2 heterocycles. The molecule has 1 N–H and O–H groups in total. The van der Waals surface area contributed by atoms with Gasteiger partial charge in [-0.15, -0.1) is 0 Å². The van der Waals surface area contributed by atoms with Crippen molar-refractivity contribution in [2.45, 2.75) is 6.92 Å². The first-order chi connectivity index (χ1) is 16.4. The molecular formula is C27H18BrClN2O3. The van der Waals surface area contributed by atoms with Gasteiger partial charge in [-0.25, -0.2) is 4.98 Å². The van der Waals surface area contributed by atoms with Crippen molar-refractivity contribution < 1.29 is 13.6 Å². The van der Waals surface area contributed by atoms with Crippen molar-refractivity contribution in [3.8, 4) is 22.8 Å². The van der Waals surface area contributed by atoms with Crippen LogP contribution in [0.2, 0.25) is 5.02 Å². The van der Waals surface area contributed by atoms with Crippen molar-refractivity contribution in [1.82, 2.24) is 4.98 Å². The van der Waals surface area contributed by atoms with Gasteiger partial charge in [0, 0.05) is 32.4 Å². The number of aromatic nitrogens is 1. The molecule has 3 aromatic carbocycles. The molecule has 0 saturated carbocycles. The van der Waals surface area contributed by atoms with Crippen LogP contribution < -0.4 is 5.32 Å². The second-order valence-corrected chi connectivity index (χ2v) is 9.02. The van der Waals surface area contributed by atoms with Gasteiger partial charge in [-0.3, -0.25) is 4.79 Å². The Kier molecular flexibility index (Phi) is 6.09. The minimum atomic E-state index is -0.286. The molecule has 0 saturated heterocycles. The highest BCUT2D eigenvalue weighted by molar-refractivity contribution is 9.10. The van der Waals surface area contributed by atoms with E-state index in [9.17, 15) is 4.79 Å². The van der Waals surface area contributed by atoms with E-state index in [1.165, 1.54) is 6.08 Å². The molecule has 0 bridgehead atoms. The fourth-order valence-corrected chi connectivity index (χ4v) is 4.02. The van der Waals surface area contributed by atoms with Crippen molar-refractivity contribution >= 4 is 56.3 Å². The average Bonchev–Trinajstić information content (AvgIpc) is 3.46. The van der Waals surface area contributed by atoms with E-state index < -0.39 is 0 Å². The highest BCUT2D eigenvalue weighted by Crippen LogP contribution is 2.29. The first kappa shape index (κ1) is 22.2. The zero-order valence-electron chi connectivity index (χ0n) is 18.0. The molecule has 1 amide bonds. The SMILES string of the molecule is Cc1ccc(-c2ccc(/C=C/C(=O)Nc3ccc4oc(-c5cccc(Br)c5)nc4c3)o2)cc1Cl. The lowest BCUT2D eigenvalue weighted by Crippen LogP contribution is -2.07. The maximum Gasteiger partial charge on any atom is 0.248 e. The summed E-state index contributed by atoms with van der Waals surface area (Å²) in [6, 6.07) is 22.5. The van der Waals surface area contributed by atoms with Gasteiger partial charge in [0.25, 0.3) is 0 Å². The molecule has 168 valence electrons. The molecule has 7 heteroatoms. The second kappa shape index (κ2) is 9.33. The summed E-state index contributed by atoms with van der Waals surface area (Å²) >= 11 is 9.66. The van der Waals surface area contributed by atoms with Crippen LogP contribution in [0, 0.1) is 6.92 Å². The van der Waals surface area contributed by atoms with Gasteiger partial charge in [0.1, 0.15) is 17.0 Å². The van der Waals surface area contributed by atoms with E-state index in [2.05, 4.69) is 26.2 Å². The molecule has 5 aromatic rings. The maximum absolute atomic E-state index is 12.4. The van der Waals surface area contributed by atoms with E-state index in [-0.39, 0.29) is 5.91 Å². The molecule has 0 aliphatic heterocycles.